The standard InChI is InChI=1S/C15H22ClNO2S/c1-12-6-7-13(2)14(10-12)20(18,19)17-15(11-16)8-4-3-5-9-15/h6-7,10,17H,3-5,8-9,11H2,1-2H3. The molecule has 0 heterocycles. The van der Waals surface area contributed by atoms with Crippen LogP contribution < -0.4 is 4.72 Å². The summed E-state index contributed by atoms with van der Waals surface area (Å²) in [5.41, 5.74) is 1.23. The molecule has 2 rings (SSSR count). The third-order valence-electron chi connectivity index (χ3n) is 4.05. The first-order chi connectivity index (χ1) is 9.38. The number of aryl methyl sites for hydroxylation is 2. The molecule has 0 aromatic heterocycles. The van der Waals surface area contributed by atoms with Crippen LogP contribution in [0.4, 0.5) is 0 Å². The lowest BCUT2D eigenvalue weighted by molar-refractivity contribution is 0.298. The van der Waals surface area contributed by atoms with Gasteiger partial charge in [0.2, 0.25) is 10.0 Å². The molecule has 0 bridgehead atoms. The number of sulfonamides is 1. The summed E-state index contributed by atoms with van der Waals surface area (Å²) >= 11 is 6.07. The molecule has 0 spiro atoms. The van der Waals surface area contributed by atoms with Crippen molar-refractivity contribution in [1.82, 2.24) is 4.72 Å². The van der Waals surface area contributed by atoms with Crippen molar-refractivity contribution in [3.63, 3.8) is 0 Å². The van der Waals surface area contributed by atoms with Gasteiger partial charge in [0, 0.05) is 11.4 Å². The largest absolute Gasteiger partial charge is 0.241 e. The minimum absolute atomic E-state index is 0.330. The number of hydrogen-bond acceptors (Lipinski definition) is 2. The van der Waals surface area contributed by atoms with Crippen LogP contribution in [0.5, 0.6) is 0 Å². The average molecular weight is 316 g/mol. The van der Waals surface area contributed by atoms with E-state index >= 15 is 0 Å². The summed E-state index contributed by atoms with van der Waals surface area (Å²) < 4.78 is 28.2. The summed E-state index contributed by atoms with van der Waals surface area (Å²) in [5.74, 6) is 0.330. The lowest BCUT2D eigenvalue weighted by Crippen LogP contribution is -2.51. The van der Waals surface area contributed by atoms with Crippen molar-refractivity contribution in [2.45, 2.75) is 56.4 Å². The zero-order valence-corrected chi connectivity index (χ0v) is 13.6. The summed E-state index contributed by atoms with van der Waals surface area (Å²) in [4.78, 5) is 0.368. The Hall–Kier alpha value is -0.580. The van der Waals surface area contributed by atoms with Gasteiger partial charge in [-0.25, -0.2) is 13.1 Å². The van der Waals surface area contributed by atoms with Crippen LogP contribution in [0, 0.1) is 13.8 Å². The van der Waals surface area contributed by atoms with E-state index in [9.17, 15) is 8.42 Å². The quantitative estimate of drug-likeness (QED) is 0.864. The maximum absolute atomic E-state index is 12.7. The fraction of sp³-hybridized carbons (Fsp3) is 0.600. The van der Waals surface area contributed by atoms with Gasteiger partial charge in [0.1, 0.15) is 0 Å². The first-order valence-corrected chi connectivity index (χ1v) is 9.08. The van der Waals surface area contributed by atoms with E-state index < -0.39 is 15.6 Å². The molecule has 0 amide bonds. The number of rotatable bonds is 4. The van der Waals surface area contributed by atoms with Crippen molar-refractivity contribution in [3.8, 4) is 0 Å². The second-order valence-corrected chi connectivity index (χ2v) is 7.77. The molecule has 1 fully saturated rings. The lowest BCUT2D eigenvalue weighted by Gasteiger charge is -2.36. The van der Waals surface area contributed by atoms with Gasteiger partial charge >= 0.3 is 0 Å². The maximum atomic E-state index is 12.7. The van der Waals surface area contributed by atoms with E-state index in [-0.39, 0.29) is 0 Å². The first-order valence-electron chi connectivity index (χ1n) is 7.06. The minimum Gasteiger partial charge on any atom is -0.207 e. The van der Waals surface area contributed by atoms with Crippen LogP contribution in [0.1, 0.15) is 43.2 Å². The molecule has 0 aliphatic heterocycles. The molecule has 5 heteroatoms. The molecule has 1 aromatic carbocycles. The van der Waals surface area contributed by atoms with Crippen LogP contribution in [0.2, 0.25) is 0 Å². The zero-order chi connectivity index (χ0) is 14.8. The number of alkyl halides is 1. The number of nitrogens with one attached hydrogen (secondary N) is 1. The fourth-order valence-electron chi connectivity index (χ4n) is 2.83. The van der Waals surface area contributed by atoms with Gasteiger partial charge in [-0.1, -0.05) is 31.4 Å². The summed E-state index contributed by atoms with van der Waals surface area (Å²) in [5, 5.41) is 0. The van der Waals surface area contributed by atoms with Gasteiger partial charge in [-0.2, -0.15) is 0 Å². The topological polar surface area (TPSA) is 46.2 Å². The Bertz CT molecular complexity index is 578. The van der Waals surface area contributed by atoms with Crippen molar-refractivity contribution in [3.05, 3.63) is 29.3 Å². The third-order valence-corrected chi connectivity index (χ3v) is 6.28. The molecule has 0 atom stereocenters. The summed E-state index contributed by atoms with van der Waals surface area (Å²) in [6, 6.07) is 5.49. The molecule has 0 unspecified atom stereocenters. The summed E-state index contributed by atoms with van der Waals surface area (Å²) in [6.07, 6.45) is 4.86. The molecule has 1 aliphatic rings. The van der Waals surface area contributed by atoms with E-state index in [1.807, 2.05) is 26.0 Å². The molecule has 1 N–H and O–H groups in total. The van der Waals surface area contributed by atoms with Crippen LogP contribution in [0.3, 0.4) is 0 Å². The highest BCUT2D eigenvalue weighted by Gasteiger charge is 2.36. The van der Waals surface area contributed by atoms with Gasteiger partial charge in [-0.15, -0.1) is 11.6 Å². The molecule has 1 aliphatic carbocycles. The second kappa shape index (κ2) is 6.04. The fourth-order valence-corrected chi connectivity index (χ4v) is 5.03. The van der Waals surface area contributed by atoms with Crippen molar-refractivity contribution >= 4 is 21.6 Å². The van der Waals surface area contributed by atoms with E-state index in [4.69, 9.17) is 11.6 Å². The van der Waals surface area contributed by atoms with Crippen molar-refractivity contribution < 1.29 is 8.42 Å². The van der Waals surface area contributed by atoms with Gasteiger partial charge in [0.25, 0.3) is 0 Å². The highest BCUT2D eigenvalue weighted by atomic mass is 35.5. The Morgan fingerprint density at radius 1 is 1.20 bits per heavy atom. The van der Waals surface area contributed by atoms with Crippen molar-refractivity contribution in [1.29, 1.82) is 0 Å². The Labute approximate surface area is 126 Å². The highest BCUT2D eigenvalue weighted by Crippen LogP contribution is 2.31. The SMILES string of the molecule is Cc1ccc(C)c(S(=O)(=O)NC2(CCl)CCCCC2)c1. The van der Waals surface area contributed by atoms with Crippen molar-refractivity contribution in [2.24, 2.45) is 0 Å². The Kier molecular flexibility index (Phi) is 4.77. The monoisotopic (exact) mass is 315 g/mol. The number of halogens is 1. The molecule has 0 radical (unpaired) electrons. The lowest BCUT2D eigenvalue weighted by atomic mass is 9.84. The molecule has 0 saturated heterocycles. The van der Waals surface area contributed by atoms with Gasteiger partial charge in [0.15, 0.2) is 0 Å². The van der Waals surface area contributed by atoms with Crippen LogP contribution in [-0.4, -0.2) is 19.8 Å². The highest BCUT2D eigenvalue weighted by molar-refractivity contribution is 7.89. The summed E-state index contributed by atoms with van der Waals surface area (Å²) in [6.45, 7) is 3.72. The van der Waals surface area contributed by atoms with Gasteiger partial charge in [-0.05, 0) is 43.9 Å². The molecule has 1 saturated carbocycles. The molecule has 3 nitrogen and oxygen atoms in total. The molecule has 20 heavy (non-hydrogen) atoms. The second-order valence-electron chi connectivity index (χ2n) is 5.85. The van der Waals surface area contributed by atoms with E-state index in [1.54, 1.807) is 6.07 Å². The van der Waals surface area contributed by atoms with Gasteiger partial charge in [0.05, 0.1) is 4.90 Å². The number of benzene rings is 1. The smallest absolute Gasteiger partial charge is 0.207 e. The van der Waals surface area contributed by atoms with E-state index in [2.05, 4.69) is 4.72 Å². The molecule has 112 valence electrons. The van der Waals surface area contributed by atoms with E-state index in [0.717, 1.165) is 43.2 Å². The average Bonchev–Trinajstić information content (AvgIpc) is 2.42. The van der Waals surface area contributed by atoms with Crippen LogP contribution in [0.25, 0.3) is 0 Å². The molecular weight excluding hydrogens is 294 g/mol. The maximum Gasteiger partial charge on any atom is 0.241 e. The number of hydrogen-bond donors (Lipinski definition) is 1. The predicted octanol–water partition coefficient (Wildman–Crippen LogP) is 3.52. The predicted molar refractivity (Wildman–Crippen MR) is 82.8 cm³/mol. The van der Waals surface area contributed by atoms with Gasteiger partial charge in [-0.3, -0.25) is 0 Å². The normalized spacial score (nSPS) is 18.9. The van der Waals surface area contributed by atoms with E-state index in [0.29, 0.717) is 10.8 Å². The van der Waals surface area contributed by atoms with Crippen LogP contribution in [-0.2, 0) is 10.0 Å². The van der Waals surface area contributed by atoms with E-state index in [1.165, 1.54) is 0 Å². The Morgan fingerprint density at radius 2 is 1.85 bits per heavy atom. The van der Waals surface area contributed by atoms with Crippen LogP contribution >= 0.6 is 11.6 Å². The third kappa shape index (κ3) is 3.35. The van der Waals surface area contributed by atoms with Crippen LogP contribution in [0.15, 0.2) is 23.1 Å². The van der Waals surface area contributed by atoms with Gasteiger partial charge < -0.3 is 0 Å². The first kappa shape index (κ1) is 15.8. The zero-order valence-electron chi connectivity index (χ0n) is 12.1. The minimum atomic E-state index is -3.52. The van der Waals surface area contributed by atoms with Crippen molar-refractivity contribution in [2.75, 3.05) is 5.88 Å². The molecule has 1 aromatic rings. The Balaban J connectivity index is 2.32. The summed E-state index contributed by atoms with van der Waals surface area (Å²) in [7, 11) is -3.52. The Morgan fingerprint density at radius 3 is 2.45 bits per heavy atom. The molecular formula is C15H22ClNO2S.